The molecule has 1 aromatic rings. The summed E-state index contributed by atoms with van der Waals surface area (Å²) in [6.45, 7) is 0. The summed E-state index contributed by atoms with van der Waals surface area (Å²) in [5.41, 5.74) is 0. The zero-order chi connectivity index (χ0) is 9.14. The van der Waals surface area contributed by atoms with Gasteiger partial charge in [0.25, 0.3) is 0 Å². The van der Waals surface area contributed by atoms with E-state index in [4.69, 9.17) is 4.55 Å². The Morgan fingerprint density at radius 3 is 2.92 bits per heavy atom. The van der Waals surface area contributed by atoms with E-state index >= 15 is 0 Å². The summed E-state index contributed by atoms with van der Waals surface area (Å²) in [4.78, 5) is 14.6. The minimum absolute atomic E-state index is 0.00426. The lowest BCUT2D eigenvalue weighted by Gasteiger charge is -1.89. The van der Waals surface area contributed by atoms with Crippen LogP contribution in [0, 0.1) is 0 Å². The molecule has 0 fully saturated rings. The summed E-state index contributed by atoms with van der Waals surface area (Å²) < 4.78 is 23.4. The third kappa shape index (κ3) is 1.87. The summed E-state index contributed by atoms with van der Waals surface area (Å²) in [5, 5.41) is 0. The maximum atomic E-state index is 10.8. The van der Waals surface area contributed by atoms with E-state index in [1.165, 1.54) is 13.3 Å². The summed E-state index contributed by atoms with van der Waals surface area (Å²) in [5.74, 6) is -0.552. The van der Waals surface area contributed by atoms with Crippen LogP contribution in [-0.2, 0) is 15.8 Å². The molecule has 0 saturated heterocycles. The zero-order valence-corrected chi connectivity index (χ0v) is 7.65. The molecular formula is C5H5NO4S2. The van der Waals surface area contributed by atoms with Crippen molar-refractivity contribution in [1.29, 1.82) is 0 Å². The number of esters is 1. The van der Waals surface area contributed by atoms with Crippen LogP contribution in [0.5, 0.6) is 0 Å². The third-order valence-electron chi connectivity index (χ3n) is 1.02. The Bertz CT molecular complexity index is 321. The van der Waals surface area contributed by atoms with Gasteiger partial charge in [-0.15, -0.1) is 0 Å². The van der Waals surface area contributed by atoms with Crippen LogP contribution in [0.2, 0.25) is 0 Å². The van der Waals surface area contributed by atoms with Gasteiger partial charge in [-0.1, -0.05) is 11.3 Å². The molecule has 0 saturated carbocycles. The SMILES string of the molecule is COC(=O)c1cnc(S(=O)O)s1. The second-order valence-corrected chi connectivity index (χ2v) is 3.91. The fraction of sp³-hybridized carbons (Fsp3) is 0.200. The van der Waals surface area contributed by atoms with Crippen LogP contribution < -0.4 is 0 Å². The fourth-order valence-corrected chi connectivity index (χ4v) is 1.80. The molecule has 1 aromatic heterocycles. The second kappa shape index (κ2) is 3.74. The van der Waals surface area contributed by atoms with Gasteiger partial charge in [-0.25, -0.2) is 14.0 Å². The maximum absolute atomic E-state index is 10.8. The molecule has 0 aromatic carbocycles. The molecule has 0 radical (unpaired) electrons. The van der Waals surface area contributed by atoms with Crippen LogP contribution in [-0.4, -0.2) is 26.8 Å². The maximum Gasteiger partial charge on any atom is 0.349 e. The van der Waals surface area contributed by atoms with Gasteiger partial charge in [-0.2, -0.15) is 0 Å². The number of aromatic nitrogens is 1. The smallest absolute Gasteiger partial charge is 0.349 e. The molecule has 0 aliphatic carbocycles. The van der Waals surface area contributed by atoms with Crippen molar-refractivity contribution in [2.45, 2.75) is 4.34 Å². The lowest BCUT2D eigenvalue weighted by molar-refractivity contribution is 0.0606. The van der Waals surface area contributed by atoms with Gasteiger partial charge in [0.1, 0.15) is 4.88 Å². The number of carbonyl (C=O) groups is 1. The monoisotopic (exact) mass is 207 g/mol. The molecule has 1 unspecified atom stereocenters. The standard InChI is InChI=1S/C5H5NO4S2/c1-10-4(7)3-2-6-5(11-3)12(8)9/h2H,1H3,(H,8,9). The number of ether oxygens (including phenoxy) is 1. The summed E-state index contributed by atoms with van der Waals surface area (Å²) in [7, 11) is 1.23. The molecule has 1 rings (SSSR count). The normalized spacial score (nSPS) is 12.5. The zero-order valence-electron chi connectivity index (χ0n) is 6.01. The van der Waals surface area contributed by atoms with E-state index in [9.17, 15) is 9.00 Å². The Morgan fingerprint density at radius 1 is 1.83 bits per heavy atom. The summed E-state index contributed by atoms with van der Waals surface area (Å²) in [6.07, 6.45) is 1.21. The first kappa shape index (κ1) is 9.30. The van der Waals surface area contributed by atoms with Crippen molar-refractivity contribution < 1.29 is 18.3 Å². The number of thiazole rings is 1. The highest BCUT2D eigenvalue weighted by Gasteiger charge is 2.12. The molecule has 0 amide bonds. The van der Waals surface area contributed by atoms with Crippen molar-refractivity contribution in [3.8, 4) is 0 Å². The minimum atomic E-state index is -2.13. The molecule has 1 heterocycles. The topological polar surface area (TPSA) is 76.5 Å². The predicted octanol–water partition coefficient (Wildman–Crippen LogP) is 0.510. The predicted molar refractivity (Wildman–Crippen MR) is 42.5 cm³/mol. The van der Waals surface area contributed by atoms with Crippen molar-refractivity contribution >= 4 is 28.4 Å². The number of rotatable bonds is 2. The van der Waals surface area contributed by atoms with Gasteiger partial charge in [-0.05, 0) is 0 Å². The average Bonchev–Trinajstić information content (AvgIpc) is 2.51. The van der Waals surface area contributed by atoms with E-state index in [2.05, 4.69) is 9.72 Å². The van der Waals surface area contributed by atoms with Gasteiger partial charge in [0.05, 0.1) is 13.3 Å². The van der Waals surface area contributed by atoms with Gasteiger partial charge in [0.15, 0.2) is 0 Å². The number of nitrogens with zero attached hydrogens (tertiary/aromatic N) is 1. The highest BCUT2D eigenvalue weighted by atomic mass is 32.2. The number of hydrogen-bond acceptors (Lipinski definition) is 5. The first-order chi connectivity index (χ1) is 5.65. The van der Waals surface area contributed by atoms with Crippen molar-refractivity contribution in [3.05, 3.63) is 11.1 Å². The van der Waals surface area contributed by atoms with Crippen LogP contribution in [0.3, 0.4) is 0 Å². The highest BCUT2D eigenvalue weighted by molar-refractivity contribution is 7.81. The highest BCUT2D eigenvalue weighted by Crippen LogP contribution is 2.15. The van der Waals surface area contributed by atoms with Crippen molar-refractivity contribution in [2.75, 3.05) is 7.11 Å². The van der Waals surface area contributed by atoms with Gasteiger partial charge in [-0.3, -0.25) is 0 Å². The molecule has 1 N–H and O–H groups in total. The molecule has 7 heteroatoms. The molecule has 12 heavy (non-hydrogen) atoms. The van der Waals surface area contributed by atoms with Gasteiger partial charge in [0, 0.05) is 0 Å². The molecule has 5 nitrogen and oxygen atoms in total. The third-order valence-corrected chi connectivity index (χ3v) is 2.87. The molecule has 66 valence electrons. The van der Waals surface area contributed by atoms with E-state index in [0.717, 1.165) is 11.3 Å². The molecule has 0 aliphatic rings. The van der Waals surface area contributed by atoms with Crippen LogP contribution in [0.25, 0.3) is 0 Å². The molecule has 0 spiro atoms. The van der Waals surface area contributed by atoms with E-state index in [0.29, 0.717) is 0 Å². The number of hydrogen-bond donors (Lipinski definition) is 1. The Kier molecular flexibility index (Phi) is 2.90. The second-order valence-electron chi connectivity index (χ2n) is 1.73. The lowest BCUT2D eigenvalue weighted by atomic mass is 10.6. The molecule has 0 bridgehead atoms. The van der Waals surface area contributed by atoms with Crippen molar-refractivity contribution in [2.24, 2.45) is 0 Å². The minimum Gasteiger partial charge on any atom is -0.465 e. The average molecular weight is 207 g/mol. The quantitative estimate of drug-likeness (QED) is 0.564. The van der Waals surface area contributed by atoms with Crippen LogP contribution in [0.15, 0.2) is 10.5 Å². The van der Waals surface area contributed by atoms with E-state index in [1.807, 2.05) is 0 Å². The summed E-state index contributed by atoms with van der Waals surface area (Å²) in [6, 6.07) is 0. The Balaban J connectivity index is 2.91. The van der Waals surface area contributed by atoms with Gasteiger partial charge >= 0.3 is 5.97 Å². The van der Waals surface area contributed by atoms with Gasteiger partial charge < -0.3 is 9.29 Å². The fourth-order valence-electron chi connectivity index (χ4n) is 0.534. The van der Waals surface area contributed by atoms with E-state index < -0.39 is 17.0 Å². The molecule has 0 aliphatic heterocycles. The van der Waals surface area contributed by atoms with Crippen LogP contribution in [0.1, 0.15) is 9.67 Å². The van der Waals surface area contributed by atoms with E-state index in [-0.39, 0.29) is 9.22 Å². The first-order valence-corrected chi connectivity index (χ1v) is 4.72. The van der Waals surface area contributed by atoms with Crippen LogP contribution >= 0.6 is 11.3 Å². The Labute approximate surface area is 74.7 Å². The molecular weight excluding hydrogens is 202 g/mol. The lowest BCUT2D eigenvalue weighted by Crippen LogP contribution is -1.96. The summed E-state index contributed by atoms with van der Waals surface area (Å²) >= 11 is -1.29. The van der Waals surface area contributed by atoms with Gasteiger partial charge in [0.2, 0.25) is 15.4 Å². The largest absolute Gasteiger partial charge is 0.465 e. The van der Waals surface area contributed by atoms with Crippen LogP contribution in [0.4, 0.5) is 0 Å². The molecule has 1 atom stereocenters. The number of methoxy groups -OCH3 is 1. The Hall–Kier alpha value is -0.790. The van der Waals surface area contributed by atoms with Crippen molar-refractivity contribution in [3.63, 3.8) is 0 Å². The van der Waals surface area contributed by atoms with E-state index in [1.54, 1.807) is 0 Å². The van der Waals surface area contributed by atoms with Crippen molar-refractivity contribution in [1.82, 2.24) is 4.98 Å². The number of carbonyl (C=O) groups excluding carboxylic acids is 1. The Morgan fingerprint density at radius 2 is 2.50 bits per heavy atom. The first-order valence-electron chi connectivity index (χ1n) is 2.80.